The Kier molecular flexibility index (Phi) is 3.84. The smallest absolute Gasteiger partial charge is 0.282 e. The van der Waals surface area contributed by atoms with Crippen LogP contribution in [0.15, 0.2) is 11.1 Å². The summed E-state index contributed by atoms with van der Waals surface area (Å²) in [5.74, 6) is 0.222. The lowest BCUT2D eigenvalue weighted by molar-refractivity contribution is -0.675. The quantitative estimate of drug-likeness (QED) is 0.318. The molecule has 82 valence electrons. The molecule has 6 heteroatoms. The summed E-state index contributed by atoms with van der Waals surface area (Å²) < 4.78 is 9.79. The van der Waals surface area contributed by atoms with Gasteiger partial charge < -0.3 is 14.7 Å². The van der Waals surface area contributed by atoms with E-state index in [0.29, 0.717) is 22.8 Å². The van der Waals surface area contributed by atoms with Crippen LogP contribution in [-0.2, 0) is 4.74 Å². The summed E-state index contributed by atoms with van der Waals surface area (Å²) in [5, 5.41) is 14.9. The third-order valence-corrected chi connectivity index (χ3v) is 1.75. The molecular weight excluding hydrogens is 198 g/mol. The zero-order valence-corrected chi connectivity index (χ0v) is 8.93. The van der Waals surface area contributed by atoms with Crippen LogP contribution in [0.25, 0.3) is 0 Å². The molecule has 15 heavy (non-hydrogen) atoms. The number of aromatic nitrogens is 2. The van der Waals surface area contributed by atoms with E-state index in [2.05, 4.69) is 10.1 Å². The van der Waals surface area contributed by atoms with Crippen LogP contribution in [0.1, 0.15) is 12.6 Å². The maximum atomic E-state index is 11.3. The first-order valence-corrected chi connectivity index (χ1v) is 4.48. The van der Waals surface area contributed by atoms with E-state index in [1.54, 1.807) is 13.0 Å². The highest BCUT2D eigenvalue weighted by Crippen LogP contribution is 2.18. The summed E-state index contributed by atoms with van der Waals surface area (Å²) in [6.07, 6.45) is 1.29. The minimum atomic E-state index is 0.222. The van der Waals surface area contributed by atoms with Crippen LogP contribution >= 0.6 is 0 Å². The van der Waals surface area contributed by atoms with E-state index in [1.807, 2.05) is 6.92 Å². The van der Waals surface area contributed by atoms with Gasteiger partial charge in [0.25, 0.3) is 5.88 Å². The molecule has 1 aromatic heterocycles. The van der Waals surface area contributed by atoms with Crippen molar-refractivity contribution in [3.05, 3.63) is 17.0 Å². The third kappa shape index (κ3) is 2.80. The molecule has 0 radical (unpaired) electrons. The number of rotatable bonds is 4. The number of ether oxygens (including phenoxy) is 2. The van der Waals surface area contributed by atoms with Crippen molar-refractivity contribution in [1.29, 1.82) is 0 Å². The first kappa shape index (κ1) is 11.2. The lowest BCUT2D eigenvalue weighted by atomic mass is 10.3. The second-order valence-corrected chi connectivity index (χ2v) is 2.72. The summed E-state index contributed by atoms with van der Waals surface area (Å²) in [4.78, 5) is 4.45. The molecule has 1 heterocycles. The fourth-order valence-corrected chi connectivity index (χ4v) is 0.912. The molecule has 0 aliphatic carbocycles. The van der Waals surface area contributed by atoms with Gasteiger partial charge in [-0.15, -0.1) is 0 Å². The zero-order valence-electron chi connectivity index (χ0n) is 8.93. The molecule has 0 bridgehead atoms. The minimum absolute atomic E-state index is 0.222. The number of hydrogen-bond acceptors (Lipinski definition) is 5. The summed E-state index contributed by atoms with van der Waals surface area (Å²) in [7, 11) is 1.44. The van der Waals surface area contributed by atoms with Crippen LogP contribution in [0, 0.1) is 12.1 Å². The molecule has 0 atom stereocenters. The SMILES string of the molecule is CCOC=Nc1cc(OC)n[n+]([O-])c1C. The average molecular weight is 211 g/mol. The van der Waals surface area contributed by atoms with Crippen LogP contribution < -0.4 is 9.58 Å². The van der Waals surface area contributed by atoms with Crippen molar-refractivity contribution < 1.29 is 14.3 Å². The maximum absolute atomic E-state index is 11.3. The summed E-state index contributed by atoms with van der Waals surface area (Å²) in [5.41, 5.74) is 0.872. The Morgan fingerprint density at radius 3 is 3.00 bits per heavy atom. The van der Waals surface area contributed by atoms with Crippen molar-refractivity contribution in [2.45, 2.75) is 13.8 Å². The van der Waals surface area contributed by atoms with Crippen LogP contribution in [-0.4, -0.2) is 25.2 Å². The summed E-state index contributed by atoms with van der Waals surface area (Å²) in [6, 6.07) is 1.57. The van der Waals surface area contributed by atoms with Crippen molar-refractivity contribution >= 4 is 12.1 Å². The molecule has 6 nitrogen and oxygen atoms in total. The maximum Gasteiger partial charge on any atom is 0.282 e. The Hall–Kier alpha value is -1.85. The van der Waals surface area contributed by atoms with Gasteiger partial charge in [0, 0.05) is 13.0 Å². The molecule has 0 spiro atoms. The molecule has 0 amide bonds. The van der Waals surface area contributed by atoms with Crippen molar-refractivity contribution in [2.75, 3.05) is 13.7 Å². The fourth-order valence-electron chi connectivity index (χ4n) is 0.912. The molecule has 0 aromatic carbocycles. The fraction of sp³-hybridized carbons (Fsp3) is 0.444. The third-order valence-electron chi connectivity index (χ3n) is 1.75. The molecule has 0 saturated carbocycles. The largest absolute Gasteiger partial charge is 0.594 e. The Balaban J connectivity index is 2.99. The van der Waals surface area contributed by atoms with E-state index >= 15 is 0 Å². The monoisotopic (exact) mass is 211 g/mol. The van der Waals surface area contributed by atoms with Crippen LogP contribution in [0.3, 0.4) is 0 Å². The van der Waals surface area contributed by atoms with E-state index in [4.69, 9.17) is 9.47 Å². The highest BCUT2D eigenvalue weighted by molar-refractivity contribution is 5.56. The minimum Gasteiger partial charge on any atom is -0.594 e. The lowest BCUT2D eigenvalue weighted by Gasteiger charge is -2.02. The van der Waals surface area contributed by atoms with Crippen molar-refractivity contribution in [3.63, 3.8) is 0 Å². The molecule has 0 unspecified atom stereocenters. The van der Waals surface area contributed by atoms with Crippen molar-refractivity contribution in [3.8, 4) is 5.88 Å². The number of nitrogens with zero attached hydrogens (tertiary/aromatic N) is 3. The molecular formula is C9H13N3O3. The zero-order chi connectivity index (χ0) is 11.3. The normalized spacial score (nSPS) is 10.6. The molecule has 0 fully saturated rings. The first-order valence-electron chi connectivity index (χ1n) is 4.48. The topological polar surface area (TPSA) is 70.7 Å². The Labute approximate surface area is 87.7 Å². The Morgan fingerprint density at radius 1 is 1.67 bits per heavy atom. The van der Waals surface area contributed by atoms with Gasteiger partial charge in [0.2, 0.25) is 5.69 Å². The highest BCUT2D eigenvalue weighted by Gasteiger charge is 2.11. The van der Waals surface area contributed by atoms with Gasteiger partial charge in [-0.1, -0.05) is 0 Å². The van der Waals surface area contributed by atoms with Gasteiger partial charge in [0.15, 0.2) is 6.40 Å². The summed E-state index contributed by atoms with van der Waals surface area (Å²) >= 11 is 0. The predicted molar refractivity (Wildman–Crippen MR) is 54.3 cm³/mol. The average Bonchev–Trinajstić information content (AvgIpc) is 2.24. The Bertz CT molecular complexity index is 366. The van der Waals surface area contributed by atoms with E-state index in [9.17, 15) is 5.21 Å². The second-order valence-electron chi connectivity index (χ2n) is 2.72. The van der Waals surface area contributed by atoms with E-state index in [0.717, 1.165) is 0 Å². The predicted octanol–water partition coefficient (Wildman–Crippen LogP) is 0.728. The van der Waals surface area contributed by atoms with Crippen LogP contribution in [0.2, 0.25) is 0 Å². The number of aliphatic imine (C=N–C) groups is 1. The van der Waals surface area contributed by atoms with Gasteiger partial charge in [0.05, 0.1) is 18.8 Å². The highest BCUT2D eigenvalue weighted by atomic mass is 16.5. The van der Waals surface area contributed by atoms with Crippen molar-refractivity contribution in [1.82, 2.24) is 5.10 Å². The molecule has 0 saturated heterocycles. The van der Waals surface area contributed by atoms with Gasteiger partial charge in [-0.25, -0.2) is 4.99 Å². The molecule has 1 aromatic rings. The van der Waals surface area contributed by atoms with Gasteiger partial charge in [0.1, 0.15) is 5.69 Å². The lowest BCUT2D eigenvalue weighted by Crippen LogP contribution is -2.34. The van der Waals surface area contributed by atoms with Gasteiger partial charge >= 0.3 is 0 Å². The van der Waals surface area contributed by atoms with Gasteiger partial charge in [-0.3, -0.25) is 0 Å². The van der Waals surface area contributed by atoms with E-state index in [1.165, 1.54) is 13.5 Å². The molecule has 0 aliphatic rings. The van der Waals surface area contributed by atoms with Crippen LogP contribution in [0.4, 0.5) is 5.69 Å². The van der Waals surface area contributed by atoms with E-state index < -0.39 is 0 Å². The van der Waals surface area contributed by atoms with E-state index in [-0.39, 0.29) is 5.88 Å². The van der Waals surface area contributed by atoms with Crippen LogP contribution in [0.5, 0.6) is 5.88 Å². The molecule has 0 aliphatic heterocycles. The Morgan fingerprint density at radius 2 is 2.40 bits per heavy atom. The van der Waals surface area contributed by atoms with Gasteiger partial charge in [-0.05, 0) is 11.8 Å². The first-order chi connectivity index (χ1) is 7.19. The van der Waals surface area contributed by atoms with Gasteiger partial charge in [-0.2, -0.15) is 0 Å². The molecule has 1 rings (SSSR count). The summed E-state index contributed by atoms with van der Waals surface area (Å²) in [6.45, 7) is 4.00. The second kappa shape index (κ2) is 5.14. The van der Waals surface area contributed by atoms with Crippen molar-refractivity contribution in [2.24, 2.45) is 4.99 Å². The molecule has 0 N–H and O–H groups in total. The number of methoxy groups -OCH3 is 1. The standard InChI is InChI=1S/C9H13N3O3/c1-4-15-6-10-8-5-9(14-3)11-12(13)7(8)2/h5-6H,4H2,1-3H3. The number of hydrogen-bond donors (Lipinski definition) is 0.